The van der Waals surface area contributed by atoms with Gasteiger partial charge in [-0.25, -0.2) is 0 Å². The summed E-state index contributed by atoms with van der Waals surface area (Å²) < 4.78 is 0. The standard InChI is InChI=1S/C36H23N/c1-2-10-24-22-34-33(21-23(24)9-1)32-18-8-17-31(36(32)37-34)27-13-7-14-28(20-27)35-29-15-5-3-11-25(29)19-26-12-4-6-16-30(26)35/h1-22,37H. The van der Waals surface area contributed by atoms with E-state index in [2.05, 4.69) is 138 Å². The molecule has 0 atom stereocenters. The van der Waals surface area contributed by atoms with Crippen molar-refractivity contribution in [2.75, 3.05) is 0 Å². The quantitative estimate of drug-likeness (QED) is 0.242. The van der Waals surface area contributed by atoms with Gasteiger partial charge in [-0.2, -0.15) is 0 Å². The molecule has 0 bridgehead atoms. The van der Waals surface area contributed by atoms with Crippen molar-refractivity contribution in [3.63, 3.8) is 0 Å². The second-order valence-electron chi connectivity index (χ2n) is 9.87. The van der Waals surface area contributed by atoms with E-state index in [0.717, 1.165) is 0 Å². The molecule has 1 nitrogen and oxygen atoms in total. The van der Waals surface area contributed by atoms with E-state index in [1.165, 1.54) is 76.4 Å². The summed E-state index contributed by atoms with van der Waals surface area (Å²) in [7, 11) is 0. The van der Waals surface area contributed by atoms with E-state index in [0.29, 0.717) is 0 Å². The lowest BCUT2D eigenvalue weighted by molar-refractivity contribution is 1.54. The minimum absolute atomic E-state index is 1.18. The summed E-state index contributed by atoms with van der Waals surface area (Å²) >= 11 is 0. The number of H-pyrrole nitrogens is 1. The van der Waals surface area contributed by atoms with Crippen LogP contribution in [0, 0.1) is 0 Å². The van der Waals surface area contributed by atoms with Gasteiger partial charge in [0, 0.05) is 21.9 Å². The zero-order valence-electron chi connectivity index (χ0n) is 20.2. The number of benzene rings is 7. The molecule has 0 saturated carbocycles. The maximum Gasteiger partial charge on any atom is 0.0544 e. The lowest BCUT2D eigenvalue weighted by Crippen LogP contribution is -1.87. The third-order valence-corrected chi connectivity index (χ3v) is 7.73. The van der Waals surface area contributed by atoms with Gasteiger partial charge in [0.05, 0.1) is 5.52 Å². The van der Waals surface area contributed by atoms with Gasteiger partial charge in [0.1, 0.15) is 0 Å². The molecule has 37 heavy (non-hydrogen) atoms. The molecule has 0 amide bonds. The Morgan fingerprint density at radius 2 is 0.973 bits per heavy atom. The molecule has 1 aromatic heterocycles. The zero-order valence-corrected chi connectivity index (χ0v) is 20.2. The summed E-state index contributed by atoms with van der Waals surface area (Å²) in [4.78, 5) is 3.76. The average molecular weight is 470 g/mol. The highest BCUT2D eigenvalue weighted by Gasteiger charge is 2.14. The van der Waals surface area contributed by atoms with Crippen molar-refractivity contribution < 1.29 is 0 Å². The van der Waals surface area contributed by atoms with E-state index >= 15 is 0 Å². The van der Waals surface area contributed by atoms with Crippen molar-refractivity contribution in [2.45, 2.75) is 0 Å². The second kappa shape index (κ2) is 7.81. The highest BCUT2D eigenvalue weighted by atomic mass is 14.7. The van der Waals surface area contributed by atoms with Crippen LogP contribution in [0.15, 0.2) is 133 Å². The molecule has 0 unspecified atom stereocenters. The van der Waals surface area contributed by atoms with Crippen LogP contribution >= 0.6 is 0 Å². The number of para-hydroxylation sites is 1. The average Bonchev–Trinajstić information content (AvgIpc) is 3.32. The number of nitrogens with one attached hydrogen (secondary N) is 1. The number of rotatable bonds is 2. The molecule has 0 saturated heterocycles. The lowest BCUT2D eigenvalue weighted by Gasteiger charge is -2.13. The predicted octanol–water partition coefficient (Wildman–Crippen LogP) is 10.1. The van der Waals surface area contributed by atoms with E-state index in [9.17, 15) is 0 Å². The lowest BCUT2D eigenvalue weighted by atomic mass is 9.90. The van der Waals surface area contributed by atoms with Crippen molar-refractivity contribution in [2.24, 2.45) is 0 Å². The topological polar surface area (TPSA) is 15.8 Å². The van der Waals surface area contributed by atoms with Crippen LogP contribution < -0.4 is 0 Å². The van der Waals surface area contributed by atoms with Gasteiger partial charge in [0.25, 0.3) is 0 Å². The smallest absolute Gasteiger partial charge is 0.0544 e. The van der Waals surface area contributed by atoms with E-state index in [-0.39, 0.29) is 0 Å². The van der Waals surface area contributed by atoms with Gasteiger partial charge in [-0.05, 0) is 73.3 Å². The molecular weight excluding hydrogens is 446 g/mol. The van der Waals surface area contributed by atoms with Crippen LogP contribution in [0.1, 0.15) is 0 Å². The summed E-state index contributed by atoms with van der Waals surface area (Å²) in [5.41, 5.74) is 7.35. The summed E-state index contributed by atoms with van der Waals surface area (Å²) in [5, 5.41) is 10.2. The monoisotopic (exact) mass is 469 g/mol. The Kier molecular flexibility index (Phi) is 4.29. The zero-order chi connectivity index (χ0) is 24.3. The van der Waals surface area contributed by atoms with Crippen molar-refractivity contribution in [1.29, 1.82) is 0 Å². The van der Waals surface area contributed by atoms with Gasteiger partial charge in [0.2, 0.25) is 0 Å². The Balaban J connectivity index is 1.39. The fourth-order valence-electron chi connectivity index (χ4n) is 6.02. The molecule has 0 aliphatic rings. The van der Waals surface area contributed by atoms with Gasteiger partial charge in [-0.1, -0.05) is 109 Å². The first kappa shape index (κ1) is 20.3. The summed E-state index contributed by atoms with van der Waals surface area (Å²) in [6.45, 7) is 0. The van der Waals surface area contributed by atoms with E-state index in [1.54, 1.807) is 0 Å². The minimum atomic E-state index is 1.18. The van der Waals surface area contributed by atoms with Crippen molar-refractivity contribution in [1.82, 2.24) is 4.98 Å². The largest absolute Gasteiger partial charge is 0.354 e. The molecule has 0 spiro atoms. The highest BCUT2D eigenvalue weighted by molar-refractivity contribution is 6.16. The van der Waals surface area contributed by atoms with Gasteiger partial charge >= 0.3 is 0 Å². The van der Waals surface area contributed by atoms with Crippen molar-refractivity contribution in [3.8, 4) is 22.3 Å². The van der Waals surface area contributed by atoms with Crippen LogP contribution in [-0.2, 0) is 0 Å². The van der Waals surface area contributed by atoms with E-state index < -0.39 is 0 Å². The fraction of sp³-hybridized carbons (Fsp3) is 0. The van der Waals surface area contributed by atoms with Crippen LogP contribution in [0.5, 0.6) is 0 Å². The molecule has 0 radical (unpaired) electrons. The molecular formula is C36H23N. The Hall–Kier alpha value is -4.88. The SMILES string of the molecule is c1cc(-c2c3ccccc3cc3ccccc23)cc(-c2cccc3c2[nH]c2cc4ccccc4cc23)c1. The second-order valence-corrected chi connectivity index (χ2v) is 9.87. The van der Waals surface area contributed by atoms with Gasteiger partial charge in [-0.15, -0.1) is 0 Å². The molecule has 0 fully saturated rings. The molecule has 8 rings (SSSR count). The van der Waals surface area contributed by atoms with Gasteiger partial charge in [-0.3, -0.25) is 0 Å². The maximum atomic E-state index is 3.76. The Labute approximate surface area is 214 Å². The number of hydrogen-bond donors (Lipinski definition) is 1. The number of fused-ring (bicyclic) bond motifs is 6. The first-order valence-electron chi connectivity index (χ1n) is 12.8. The maximum absolute atomic E-state index is 3.76. The van der Waals surface area contributed by atoms with Crippen LogP contribution in [0.25, 0.3) is 76.4 Å². The van der Waals surface area contributed by atoms with Crippen LogP contribution in [0.4, 0.5) is 0 Å². The fourth-order valence-corrected chi connectivity index (χ4v) is 6.02. The Bertz CT molecular complexity index is 2090. The predicted molar refractivity (Wildman–Crippen MR) is 159 cm³/mol. The summed E-state index contributed by atoms with van der Waals surface area (Å²) in [5.74, 6) is 0. The molecule has 0 aliphatic carbocycles. The molecule has 8 aromatic rings. The molecule has 1 heteroatoms. The van der Waals surface area contributed by atoms with E-state index in [1.807, 2.05) is 0 Å². The Morgan fingerprint density at radius 1 is 0.378 bits per heavy atom. The van der Waals surface area contributed by atoms with Crippen molar-refractivity contribution >= 4 is 54.1 Å². The minimum Gasteiger partial charge on any atom is -0.354 e. The third kappa shape index (κ3) is 3.11. The normalized spacial score (nSPS) is 11.8. The molecule has 0 aliphatic heterocycles. The first-order valence-corrected chi connectivity index (χ1v) is 12.8. The van der Waals surface area contributed by atoms with Gasteiger partial charge in [0.15, 0.2) is 0 Å². The highest BCUT2D eigenvalue weighted by Crippen LogP contribution is 2.40. The summed E-state index contributed by atoms with van der Waals surface area (Å²) in [6.07, 6.45) is 0. The van der Waals surface area contributed by atoms with E-state index in [4.69, 9.17) is 0 Å². The molecule has 1 heterocycles. The molecule has 7 aromatic carbocycles. The van der Waals surface area contributed by atoms with Crippen molar-refractivity contribution in [3.05, 3.63) is 133 Å². The number of hydrogen-bond acceptors (Lipinski definition) is 0. The van der Waals surface area contributed by atoms with Crippen LogP contribution in [-0.4, -0.2) is 4.98 Å². The summed E-state index contributed by atoms with van der Waals surface area (Å²) in [6, 6.07) is 48.6. The molecule has 172 valence electrons. The van der Waals surface area contributed by atoms with Gasteiger partial charge < -0.3 is 4.98 Å². The Morgan fingerprint density at radius 3 is 1.73 bits per heavy atom. The molecule has 1 N–H and O–H groups in total. The number of aromatic nitrogens is 1. The van der Waals surface area contributed by atoms with Crippen LogP contribution in [0.3, 0.4) is 0 Å². The third-order valence-electron chi connectivity index (χ3n) is 7.73. The van der Waals surface area contributed by atoms with Crippen LogP contribution in [0.2, 0.25) is 0 Å². The first-order chi connectivity index (χ1) is 18.3. The number of aromatic amines is 1.